The number of benzene rings is 1. The topological polar surface area (TPSA) is 30.0 Å². The number of ketones is 1. The van der Waals surface area contributed by atoms with Crippen LogP contribution in [0.5, 0.6) is 0 Å². The molecule has 2 aromatic rings. The lowest BCUT2D eigenvalue weighted by Crippen LogP contribution is -2.09. The lowest BCUT2D eigenvalue weighted by atomic mass is 10.0. The number of carbonyl (C=O) groups is 1. The highest BCUT2D eigenvalue weighted by Gasteiger charge is 2.12. The average Bonchev–Trinajstić information content (AvgIpc) is 2.41. The summed E-state index contributed by atoms with van der Waals surface area (Å²) >= 11 is 2.26. The third-order valence-electron chi connectivity index (χ3n) is 2.81. The van der Waals surface area contributed by atoms with E-state index in [1.54, 1.807) is 6.20 Å². The number of pyridine rings is 1. The molecule has 18 heavy (non-hydrogen) atoms. The minimum Gasteiger partial charge on any atom is -0.292 e. The maximum atomic E-state index is 12.2. The van der Waals surface area contributed by atoms with Crippen molar-refractivity contribution in [3.8, 4) is 0 Å². The summed E-state index contributed by atoms with van der Waals surface area (Å²) in [6.45, 7) is 2.04. The van der Waals surface area contributed by atoms with Crippen LogP contribution < -0.4 is 0 Å². The van der Waals surface area contributed by atoms with Gasteiger partial charge in [-0.15, -0.1) is 0 Å². The third-order valence-corrected chi connectivity index (χ3v) is 3.53. The molecule has 2 rings (SSSR count). The molecule has 2 nitrogen and oxygen atoms in total. The molecule has 1 aromatic carbocycles. The maximum Gasteiger partial charge on any atom is 0.185 e. The molecule has 0 bridgehead atoms. The van der Waals surface area contributed by atoms with Crippen molar-refractivity contribution in [1.82, 2.24) is 4.98 Å². The summed E-state index contributed by atoms with van der Waals surface area (Å²) in [6.07, 6.45) is 2.93. The quantitative estimate of drug-likeness (QED) is 0.621. The minimum absolute atomic E-state index is 0.0914. The summed E-state index contributed by atoms with van der Waals surface area (Å²) in [5, 5.41) is 0. The highest BCUT2D eigenvalue weighted by Crippen LogP contribution is 2.12. The molecule has 0 amide bonds. The van der Waals surface area contributed by atoms with Gasteiger partial charge in [0.2, 0.25) is 0 Å². The van der Waals surface area contributed by atoms with Crippen molar-refractivity contribution in [2.45, 2.75) is 19.8 Å². The Labute approximate surface area is 121 Å². The van der Waals surface area contributed by atoms with Crippen LogP contribution in [-0.4, -0.2) is 10.8 Å². The Balaban J connectivity index is 2.19. The molecule has 0 saturated heterocycles. The molecular weight excluding hydrogens is 337 g/mol. The zero-order valence-corrected chi connectivity index (χ0v) is 12.3. The van der Waals surface area contributed by atoms with Gasteiger partial charge in [-0.3, -0.25) is 9.78 Å². The molecule has 0 unspecified atom stereocenters. The lowest BCUT2D eigenvalue weighted by molar-refractivity contribution is 0.0987. The van der Waals surface area contributed by atoms with Gasteiger partial charge in [0.25, 0.3) is 0 Å². The molecule has 0 N–H and O–H groups in total. The van der Waals surface area contributed by atoms with E-state index in [-0.39, 0.29) is 5.78 Å². The Kier molecular flexibility index (Phi) is 4.47. The molecule has 0 atom stereocenters. The molecule has 0 saturated carbocycles. The molecular formula is C15H14INO. The van der Waals surface area contributed by atoms with Crippen LogP contribution in [0.1, 0.15) is 28.5 Å². The van der Waals surface area contributed by atoms with Crippen molar-refractivity contribution in [1.29, 1.82) is 0 Å². The fraction of sp³-hybridized carbons (Fsp3) is 0.200. The normalized spacial score (nSPS) is 10.3. The van der Waals surface area contributed by atoms with Crippen LogP contribution in [0.4, 0.5) is 0 Å². The number of rotatable bonds is 4. The SMILES string of the molecule is CCc1cccnc1C(=O)Cc1ccc(I)cc1. The number of Topliss-reactive ketones (excluding diaryl/α,β-unsaturated/α-hetero) is 1. The van der Waals surface area contributed by atoms with Gasteiger partial charge in [0.05, 0.1) is 0 Å². The first-order valence-electron chi connectivity index (χ1n) is 5.92. The van der Waals surface area contributed by atoms with Crippen molar-refractivity contribution >= 4 is 28.4 Å². The average molecular weight is 351 g/mol. The third kappa shape index (κ3) is 3.16. The standard InChI is InChI=1S/C15H14INO/c1-2-12-4-3-9-17-15(12)14(18)10-11-5-7-13(16)8-6-11/h3-9H,2,10H2,1H3. The van der Waals surface area contributed by atoms with Gasteiger partial charge in [0, 0.05) is 16.2 Å². The van der Waals surface area contributed by atoms with E-state index >= 15 is 0 Å². The van der Waals surface area contributed by atoms with E-state index in [2.05, 4.69) is 27.6 Å². The fourth-order valence-electron chi connectivity index (χ4n) is 1.85. The fourth-order valence-corrected chi connectivity index (χ4v) is 2.21. The number of hydrogen-bond donors (Lipinski definition) is 0. The second kappa shape index (κ2) is 6.09. The Morgan fingerprint density at radius 2 is 1.94 bits per heavy atom. The number of aryl methyl sites for hydroxylation is 1. The summed E-state index contributed by atoms with van der Waals surface area (Å²) in [5.41, 5.74) is 2.67. The van der Waals surface area contributed by atoms with Gasteiger partial charge < -0.3 is 0 Å². The van der Waals surface area contributed by atoms with E-state index in [0.717, 1.165) is 17.5 Å². The van der Waals surface area contributed by atoms with E-state index in [4.69, 9.17) is 0 Å². The van der Waals surface area contributed by atoms with Crippen molar-refractivity contribution in [3.63, 3.8) is 0 Å². The number of nitrogens with zero attached hydrogens (tertiary/aromatic N) is 1. The van der Waals surface area contributed by atoms with E-state index in [1.165, 1.54) is 3.57 Å². The van der Waals surface area contributed by atoms with E-state index in [0.29, 0.717) is 12.1 Å². The molecule has 0 radical (unpaired) electrons. The largest absolute Gasteiger partial charge is 0.292 e. The highest BCUT2D eigenvalue weighted by atomic mass is 127. The Hall–Kier alpha value is -1.23. The summed E-state index contributed by atoms with van der Waals surface area (Å²) < 4.78 is 1.18. The van der Waals surface area contributed by atoms with Crippen molar-refractivity contribution < 1.29 is 4.79 Å². The van der Waals surface area contributed by atoms with Crippen LogP contribution in [0.3, 0.4) is 0 Å². The molecule has 1 heterocycles. The van der Waals surface area contributed by atoms with Crippen molar-refractivity contribution in [2.75, 3.05) is 0 Å². The Bertz CT molecular complexity index is 549. The molecule has 0 aliphatic carbocycles. The van der Waals surface area contributed by atoms with Gasteiger partial charge >= 0.3 is 0 Å². The first-order valence-corrected chi connectivity index (χ1v) is 7.00. The summed E-state index contributed by atoms with van der Waals surface area (Å²) in [7, 11) is 0. The number of halogens is 1. The van der Waals surface area contributed by atoms with Gasteiger partial charge in [-0.05, 0) is 58.3 Å². The van der Waals surface area contributed by atoms with Gasteiger partial charge in [-0.1, -0.05) is 25.1 Å². The first-order chi connectivity index (χ1) is 8.70. The van der Waals surface area contributed by atoms with Gasteiger partial charge in [0.1, 0.15) is 5.69 Å². The lowest BCUT2D eigenvalue weighted by Gasteiger charge is -2.05. The first kappa shape index (κ1) is 13.2. The van der Waals surface area contributed by atoms with Crippen LogP contribution >= 0.6 is 22.6 Å². The molecule has 0 aliphatic rings. The van der Waals surface area contributed by atoms with E-state index in [1.807, 2.05) is 43.3 Å². The molecule has 92 valence electrons. The molecule has 0 spiro atoms. The van der Waals surface area contributed by atoms with Crippen LogP contribution in [0.2, 0.25) is 0 Å². The smallest absolute Gasteiger partial charge is 0.185 e. The van der Waals surface area contributed by atoms with Crippen molar-refractivity contribution in [3.05, 3.63) is 63.0 Å². The van der Waals surface area contributed by atoms with E-state index < -0.39 is 0 Å². The van der Waals surface area contributed by atoms with E-state index in [9.17, 15) is 4.79 Å². The molecule has 3 heteroatoms. The molecule has 0 fully saturated rings. The number of carbonyl (C=O) groups excluding carboxylic acids is 1. The van der Waals surface area contributed by atoms with Gasteiger partial charge in [-0.25, -0.2) is 0 Å². The zero-order valence-electron chi connectivity index (χ0n) is 10.2. The molecule has 1 aromatic heterocycles. The van der Waals surface area contributed by atoms with Crippen LogP contribution in [0, 0.1) is 3.57 Å². The second-order valence-corrected chi connectivity index (χ2v) is 5.34. The monoisotopic (exact) mass is 351 g/mol. The minimum atomic E-state index is 0.0914. The number of aromatic nitrogens is 1. The van der Waals surface area contributed by atoms with Crippen LogP contribution in [-0.2, 0) is 12.8 Å². The number of hydrogen-bond acceptors (Lipinski definition) is 2. The van der Waals surface area contributed by atoms with Crippen LogP contribution in [0.15, 0.2) is 42.6 Å². The van der Waals surface area contributed by atoms with Crippen molar-refractivity contribution in [2.24, 2.45) is 0 Å². The zero-order chi connectivity index (χ0) is 13.0. The summed E-state index contributed by atoms with van der Waals surface area (Å²) in [4.78, 5) is 16.4. The van der Waals surface area contributed by atoms with Gasteiger partial charge in [-0.2, -0.15) is 0 Å². The predicted molar refractivity (Wildman–Crippen MR) is 80.8 cm³/mol. The predicted octanol–water partition coefficient (Wildman–Crippen LogP) is 3.67. The summed E-state index contributed by atoms with van der Waals surface area (Å²) in [5.74, 6) is 0.0914. The summed E-state index contributed by atoms with van der Waals surface area (Å²) in [6, 6.07) is 11.9. The second-order valence-electron chi connectivity index (χ2n) is 4.09. The molecule has 0 aliphatic heterocycles. The van der Waals surface area contributed by atoms with Crippen LogP contribution in [0.25, 0.3) is 0 Å². The van der Waals surface area contributed by atoms with Gasteiger partial charge in [0.15, 0.2) is 5.78 Å². The maximum absolute atomic E-state index is 12.2. The highest BCUT2D eigenvalue weighted by molar-refractivity contribution is 14.1. The Morgan fingerprint density at radius 3 is 2.61 bits per heavy atom. The Morgan fingerprint density at radius 1 is 1.22 bits per heavy atom.